The molecule has 1 aromatic rings. The Kier molecular flexibility index (Phi) is 3.88. The van der Waals surface area contributed by atoms with E-state index < -0.39 is 4.92 Å². The van der Waals surface area contributed by atoms with Crippen molar-refractivity contribution in [1.82, 2.24) is 0 Å². The molecule has 0 saturated carbocycles. The molecular formula is C8H7Br2NO3. The molecule has 0 aliphatic carbocycles. The van der Waals surface area contributed by atoms with E-state index in [1.807, 2.05) is 0 Å². The molecule has 14 heavy (non-hydrogen) atoms. The smallest absolute Gasteiger partial charge is 0.278 e. The Morgan fingerprint density at radius 2 is 2.21 bits per heavy atom. The van der Waals surface area contributed by atoms with Crippen molar-refractivity contribution in [3.05, 3.63) is 32.3 Å². The van der Waals surface area contributed by atoms with Crippen molar-refractivity contribution in [1.29, 1.82) is 0 Å². The van der Waals surface area contributed by atoms with Gasteiger partial charge in [0, 0.05) is 15.9 Å². The minimum absolute atomic E-state index is 0.0492. The highest BCUT2D eigenvalue weighted by atomic mass is 79.9. The number of alkyl halides is 1. The second-order valence-electron chi connectivity index (χ2n) is 2.50. The van der Waals surface area contributed by atoms with Crippen LogP contribution in [0.3, 0.4) is 0 Å². The monoisotopic (exact) mass is 323 g/mol. The van der Waals surface area contributed by atoms with Gasteiger partial charge in [-0.05, 0) is 6.07 Å². The van der Waals surface area contributed by atoms with Crippen LogP contribution in [-0.2, 0) is 5.33 Å². The molecule has 0 unspecified atom stereocenters. The zero-order chi connectivity index (χ0) is 10.7. The molecule has 0 heterocycles. The van der Waals surface area contributed by atoms with Crippen LogP contribution >= 0.6 is 31.9 Å². The highest BCUT2D eigenvalue weighted by Gasteiger charge is 2.18. The summed E-state index contributed by atoms with van der Waals surface area (Å²) in [7, 11) is 1.48. The van der Waals surface area contributed by atoms with Crippen LogP contribution in [0.1, 0.15) is 5.56 Å². The molecule has 0 atom stereocenters. The summed E-state index contributed by atoms with van der Waals surface area (Å²) in [6.07, 6.45) is 0. The van der Waals surface area contributed by atoms with Gasteiger partial charge < -0.3 is 4.74 Å². The van der Waals surface area contributed by atoms with Gasteiger partial charge in [-0.15, -0.1) is 0 Å². The minimum atomic E-state index is -0.427. The van der Waals surface area contributed by atoms with Crippen LogP contribution in [0.15, 0.2) is 16.6 Å². The van der Waals surface area contributed by atoms with E-state index >= 15 is 0 Å². The first-order chi connectivity index (χ1) is 6.60. The summed E-state index contributed by atoms with van der Waals surface area (Å²) in [4.78, 5) is 10.3. The zero-order valence-electron chi connectivity index (χ0n) is 7.29. The number of benzene rings is 1. The second kappa shape index (κ2) is 4.75. The number of ether oxygens (including phenoxy) is 1. The first-order valence-corrected chi connectivity index (χ1v) is 5.58. The standard InChI is InChI=1S/C8H7Br2NO3/c1-14-8-3-5(10)2-7(11(12)13)6(8)4-9/h2-3H,4H2,1H3. The molecule has 0 aliphatic rings. The number of nitro groups is 1. The Morgan fingerprint density at radius 1 is 1.57 bits per heavy atom. The largest absolute Gasteiger partial charge is 0.496 e. The van der Waals surface area contributed by atoms with Gasteiger partial charge in [-0.3, -0.25) is 10.1 Å². The SMILES string of the molecule is COc1cc(Br)cc([N+](=O)[O-])c1CBr. The van der Waals surface area contributed by atoms with Crippen LogP contribution in [0.4, 0.5) is 5.69 Å². The quantitative estimate of drug-likeness (QED) is 0.487. The number of nitro benzene ring substituents is 1. The third-order valence-electron chi connectivity index (χ3n) is 1.70. The van der Waals surface area contributed by atoms with Gasteiger partial charge in [0.25, 0.3) is 5.69 Å². The number of hydrogen-bond donors (Lipinski definition) is 0. The maximum absolute atomic E-state index is 10.7. The zero-order valence-corrected chi connectivity index (χ0v) is 10.5. The second-order valence-corrected chi connectivity index (χ2v) is 3.97. The van der Waals surface area contributed by atoms with Gasteiger partial charge in [0.2, 0.25) is 0 Å². The van der Waals surface area contributed by atoms with Crippen LogP contribution in [0, 0.1) is 10.1 Å². The van der Waals surface area contributed by atoms with Crippen molar-refractivity contribution in [2.75, 3.05) is 7.11 Å². The summed E-state index contributed by atoms with van der Waals surface area (Å²) >= 11 is 6.38. The normalized spacial score (nSPS) is 9.93. The molecule has 0 radical (unpaired) electrons. The Labute approximate surface area is 97.7 Å². The maximum Gasteiger partial charge on any atom is 0.278 e. The average molecular weight is 325 g/mol. The lowest BCUT2D eigenvalue weighted by Gasteiger charge is -2.06. The molecule has 0 bridgehead atoms. The fourth-order valence-electron chi connectivity index (χ4n) is 1.08. The number of nitrogens with zero attached hydrogens (tertiary/aromatic N) is 1. The summed E-state index contributed by atoms with van der Waals surface area (Å²) in [5.41, 5.74) is 0.591. The Hall–Kier alpha value is -0.620. The molecule has 0 fully saturated rings. The van der Waals surface area contributed by atoms with E-state index in [2.05, 4.69) is 31.9 Å². The highest BCUT2D eigenvalue weighted by Crippen LogP contribution is 2.34. The van der Waals surface area contributed by atoms with Gasteiger partial charge in [0.05, 0.1) is 17.6 Å². The lowest BCUT2D eigenvalue weighted by atomic mass is 10.2. The Balaban J connectivity index is 3.39. The van der Waals surface area contributed by atoms with Crippen molar-refractivity contribution in [3.8, 4) is 5.75 Å². The molecule has 0 amide bonds. The van der Waals surface area contributed by atoms with E-state index in [0.29, 0.717) is 21.1 Å². The van der Waals surface area contributed by atoms with Crippen LogP contribution in [-0.4, -0.2) is 12.0 Å². The number of hydrogen-bond acceptors (Lipinski definition) is 3. The van der Waals surface area contributed by atoms with Crippen LogP contribution in [0.25, 0.3) is 0 Å². The summed E-state index contributed by atoms with van der Waals surface area (Å²) in [5.74, 6) is 0.503. The average Bonchev–Trinajstić information content (AvgIpc) is 2.16. The summed E-state index contributed by atoms with van der Waals surface area (Å²) in [5, 5.41) is 11.1. The van der Waals surface area contributed by atoms with E-state index in [0.717, 1.165) is 0 Å². The lowest BCUT2D eigenvalue weighted by Crippen LogP contribution is -1.97. The van der Waals surface area contributed by atoms with E-state index in [-0.39, 0.29) is 5.69 Å². The molecule has 0 spiro atoms. The summed E-state index contributed by atoms with van der Waals surface area (Å²) in [6, 6.07) is 3.16. The fraction of sp³-hybridized carbons (Fsp3) is 0.250. The molecule has 0 aromatic heterocycles. The molecular weight excluding hydrogens is 318 g/mol. The third kappa shape index (κ3) is 2.24. The van der Waals surface area contributed by atoms with Gasteiger partial charge in [-0.2, -0.15) is 0 Å². The predicted octanol–water partition coefficient (Wildman–Crippen LogP) is 3.26. The highest BCUT2D eigenvalue weighted by molar-refractivity contribution is 9.10. The maximum atomic E-state index is 10.7. The molecule has 1 aromatic carbocycles. The third-order valence-corrected chi connectivity index (χ3v) is 2.72. The number of halogens is 2. The molecule has 4 nitrogen and oxygen atoms in total. The summed E-state index contributed by atoms with van der Waals surface area (Å²) < 4.78 is 5.67. The fourth-order valence-corrected chi connectivity index (χ4v) is 2.07. The number of rotatable bonds is 3. The van der Waals surface area contributed by atoms with Gasteiger partial charge in [0.1, 0.15) is 5.75 Å². The first-order valence-electron chi connectivity index (χ1n) is 3.67. The first kappa shape index (κ1) is 11.5. The van der Waals surface area contributed by atoms with Gasteiger partial charge in [0.15, 0.2) is 0 Å². The molecule has 0 saturated heterocycles. The van der Waals surface area contributed by atoms with Crippen LogP contribution < -0.4 is 4.74 Å². The molecule has 76 valence electrons. The van der Waals surface area contributed by atoms with Crippen molar-refractivity contribution in [2.45, 2.75) is 5.33 Å². The van der Waals surface area contributed by atoms with Gasteiger partial charge >= 0.3 is 0 Å². The van der Waals surface area contributed by atoms with Crippen molar-refractivity contribution < 1.29 is 9.66 Å². The van der Waals surface area contributed by atoms with Crippen LogP contribution in [0.2, 0.25) is 0 Å². The molecule has 1 rings (SSSR count). The predicted molar refractivity (Wildman–Crippen MR) is 60.0 cm³/mol. The van der Waals surface area contributed by atoms with Gasteiger partial charge in [-0.1, -0.05) is 31.9 Å². The Morgan fingerprint density at radius 3 is 2.64 bits per heavy atom. The van der Waals surface area contributed by atoms with Crippen molar-refractivity contribution in [2.24, 2.45) is 0 Å². The lowest BCUT2D eigenvalue weighted by molar-refractivity contribution is -0.385. The van der Waals surface area contributed by atoms with Crippen LogP contribution in [0.5, 0.6) is 5.75 Å². The minimum Gasteiger partial charge on any atom is -0.496 e. The number of methoxy groups -OCH3 is 1. The van der Waals surface area contributed by atoms with E-state index in [9.17, 15) is 10.1 Å². The van der Waals surface area contributed by atoms with Gasteiger partial charge in [-0.25, -0.2) is 0 Å². The molecule has 0 aliphatic heterocycles. The Bertz CT molecular complexity index is 368. The van der Waals surface area contributed by atoms with Crippen molar-refractivity contribution >= 4 is 37.5 Å². The van der Waals surface area contributed by atoms with Crippen molar-refractivity contribution in [3.63, 3.8) is 0 Å². The van der Waals surface area contributed by atoms with E-state index in [4.69, 9.17) is 4.74 Å². The van der Waals surface area contributed by atoms with E-state index in [1.54, 1.807) is 6.07 Å². The topological polar surface area (TPSA) is 52.4 Å². The summed E-state index contributed by atoms with van der Waals surface area (Å²) in [6.45, 7) is 0. The van der Waals surface area contributed by atoms with E-state index in [1.165, 1.54) is 13.2 Å². The molecule has 6 heteroatoms. The molecule has 0 N–H and O–H groups in total.